The zero-order chi connectivity index (χ0) is 16.9. The minimum atomic E-state index is -0.507. The van der Waals surface area contributed by atoms with Crippen molar-refractivity contribution < 1.29 is 19.1 Å². The number of ether oxygens (including phenoxy) is 1. The highest BCUT2D eigenvalue weighted by molar-refractivity contribution is 5.98. The Balaban J connectivity index is 1.92. The van der Waals surface area contributed by atoms with Crippen LogP contribution in [0.15, 0.2) is 24.3 Å². The molecule has 0 aliphatic heterocycles. The lowest BCUT2D eigenvalue weighted by Crippen LogP contribution is -2.31. The van der Waals surface area contributed by atoms with E-state index in [1.807, 2.05) is 6.92 Å². The number of hydrogen-bond donors (Lipinski definition) is 2. The lowest BCUT2D eigenvalue weighted by molar-refractivity contribution is -0.139. The van der Waals surface area contributed by atoms with Gasteiger partial charge < -0.3 is 15.4 Å². The number of hydrogen-bond acceptors (Lipinski definition) is 4. The van der Waals surface area contributed by atoms with E-state index in [4.69, 9.17) is 0 Å². The van der Waals surface area contributed by atoms with Crippen molar-refractivity contribution in [3.63, 3.8) is 0 Å². The SMILES string of the molecule is COC(=O)CNC(=O)c1ccc(NC(=O)C2(C)CCCC2)cc1. The third-order valence-electron chi connectivity index (χ3n) is 4.28. The van der Waals surface area contributed by atoms with Gasteiger partial charge in [0.15, 0.2) is 0 Å². The van der Waals surface area contributed by atoms with Crippen LogP contribution in [-0.2, 0) is 14.3 Å². The van der Waals surface area contributed by atoms with Crippen molar-refractivity contribution in [3.8, 4) is 0 Å². The fraction of sp³-hybridized carbons (Fsp3) is 0.471. The number of methoxy groups -OCH3 is 1. The van der Waals surface area contributed by atoms with Gasteiger partial charge in [-0.15, -0.1) is 0 Å². The molecule has 2 amide bonds. The van der Waals surface area contributed by atoms with Crippen molar-refractivity contribution in [2.75, 3.05) is 19.0 Å². The highest BCUT2D eigenvalue weighted by Gasteiger charge is 2.36. The molecule has 0 saturated heterocycles. The number of esters is 1. The van der Waals surface area contributed by atoms with Gasteiger partial charge in [-0.05, 0) is 37.1 Å². The Morgan fingerprint density at radius 2 is 1.74 bits per heavy atom. The number of anilines is 1. The average molecular weight is 318 g/mol. The summed E-state index contributed by atoms with van der Waals surface area (Å²) in [5.41, 5.74) is 0.780. The second-order valence-electron chi connectivity index (χ2n) is 6.06. The van der Waals surface area contributed by atoms with Gasteiger partial charge in [-0.1, -0.05) is 19.8 Å². The van der Waals surface area contributed by atoms with Gasteiger partial charge in [0.25, 0.3) is 5.91 Å². The zero-order valence-corrected chi connectivity index (χ0v) is 13.5. The van der Waals surface area contributed by atoms with E-state index in [2.05, 4.69) is 15.4 Å². The normalized spacial score (nSPS) is 15.7. The van der Waals surface area contributed by atoms with Crippen molar-refractivity contribution in [2.24, 2.45) is 5.41 Å². The van der Waals surface area contributed by atoms with Crippen LogP contribution in [0.4, 0.5) is 5.69 Å². The van der Waals surface area contributed by atoms with Crippen molar-refractivity contribution >= 4 is 23.5 Å². The Labute approximate surface area is 135 Å². The van der Waals surface area contributed by atoms with Gasteiger partial charge in [-0.2, -0.15) is 0 Å². The van der Waals surface area contributed by atoms with Gasteiger partial charge >= 0.3 is 5.97 Å². The van der Waals surface area contributed by atoms with Crippen LogP contribution >= 0.6 is 0 Å². The molecule has 0 spiro atoms. The molecule has 23 heavy (non-hydrogen) atoms. The molecule has 1 aromatic rings. The topological polar surface area (TPSA) is 84.5 Å². The van der Waals surface area contributed by atoms with Gasteiger partial charge in [0, 0.05) is 16.7 Å². The van der Waals surface area contributed by atoms with E-state index in [1.165, 1.54) is 7.11 Å². The summed E-state index contributed by atoms with van der Waals surface area (Å²) in [5, 5.41) is 5.36. The van der Waals surface area contributed by atoms with E-state index in [9.17, 15) is 14.4 Å². The maximum atomic E-state index is 12.3. The van der Waals surface area contributed by atoms with Crippen molar-refractivity contribution in [3.05, 3.63) is 29.8 Å². The number of rotatable bonds is 5. The summed E-state index contributed by atoms with van der Waals surface area (Å²) >= 11 is 0. The highest BCUT2D eigenvalue weighted by atomic mass is 16.5. The molecule has 2 N–H and O–H groups in total. The average Bonchev–Trinajstić information content (AvgIpc) is 3.01. The minimum Gasteiger partial charge on any atom is -0.468 e. The fourth-order valence-corrected chi connectivity index (χ4v) is 2.70. The molecular weight excluding hydrogens is 296 g/mol. The molecule has 0 bridgehead atoms. The van der Waals surface area contributed by atoms with E-state index in [0.29, 0.717) is 11.3 Å². The van der Waals surface area contributed by atoms with E-state index >= 15 is 0 Å². The molecule has 124 valence electrons. The van der Waals surface area contributed by atoms with Crippen LogP contribution in [0.2, 0.25) is 0 Å². The van der Waals surface area contributed by atoms with E-state index in [-0.39, 0.29) is 23.8 Å². The predicted molar refractivity (Wildman–Crippen MR) is 86.0 cm³/mol. The molecule has 2 rings (SSSR count). The fourth-order valence-electron chi connectivity index (χ4n) is 2.70. The summed E-state index contributed by atoms with van der Waals surface area (Å²) in [7, 11) is 1.26. The van der Waals surface area contributed by atoms with Crippen molar-refractivity contribution in [1.82, 2.24) is 5.32 Å². The molecule has 0 radical (unpaired) electrons. The zero-order valence-electron chi connectivity index (χ0n) is 13.5. The van der Waals surface area contributed by atoms with Crippen LogP contribution in [0.1, 0.15) is 43.0 Å². The second kappa shape index (κ2) is 7.26. The third-order valence-corrected chi connectivity index (χ3v) is 4.28. The Hall–Kier alpha value is -2.37. The Morgan fingerprint density at radius 1 is 1.13 bits per heavy atom. The molecule has 1 fully saturated rings. The van der Waals surface area contributed by atoms with E-state index < -0.39 is 5.97 Å². The lowest BCUT2D eigenvalue weighted by Gasteiger charge is -2.22. The van der Waals surface area contributed by atoms with Gasteiger partial charge in [-0.3, -0.25) is 14.4 Å². The van der Waals surface area contributed by atoms with Crippen molar-refractivity contribution in [1.29, 1.82) is 0 Å². The molecule has 0 heterocycles. The summed E-state index contributed by atoms with van der Waals surface area (Å²) < 4.78 is 4.46. The van der Waals surface area contributed by atoms with Crippen LogP contribution in [0, 0.1) is 5.41 Å². The molecule has 0 aromatic heterocycles. The van der Waals surface area contributed by atoms with Crippen molar-refractivity contribution in [2.45, 2.75) is 32.6 Å². The first-order chi connectivity index (χ1) is 10.9. The monoisotopic (exact) mass is 318 g/mol. The first-order valence-electron chi connectivity index (χ1n) is 7.71. The Kier molecular flexibility index (Phi) is 5.36. The number of benzene rings is 1. The Morgan fingerprint density at radius 3 is 2.30 bits per heavy atom. The summed E-state index contributed by atoms with van der Waals surface area (Å²) in [6, 6.07) is 6.59. The molecule has 1 aliphatic rings. The van der Waals surface area contributed by atoms with Crippen LogP contribution < -0.4 is 10.6 Å². The standard InChI is InChI=1S/C17H22N2O4/c1-17(9-3-4-10-17)16(22)19-13-7-5-12(6-8-13)15(21)18-11-14(20)23-2/h5-8H,3-4,9-11H2,1-2H3,(H,18,21)(H,19,22). The highest BCUT2D eigenvalue weighted by Crippen LogP contribution is 2.38. The molecular formula is C17H22N2O4. The van der Waals surface area contributed by atoms with Crippen LogP contribution in [-0.4, -0.2) is 31.4 Å². The lowest BCUT2D eigenvalue weighted by atomic mass is 9.88. The molecule has 0 unspecified atom stereocenters. The van der Waals surface area contributed by atoms with Gasteiger partial charge in [0.05, 0.1) is 7.11 Å². The maximum Gasteiger partial charge on any atom is 0.325 e. The molecule has 0 atom stereocenters. The number of nitrogens with one attached hydrogen (secondary N) is 2. The largest absolute Gasteiger partial charge is 0.468 e. The summed E-state index contributed by atoms with van der Waals surface area (Å²) in [5.74, 6) is -0.846. The first-order valence-corrected chi connectivity index (χ1v) is 7.71. The minimum absolute atomic E-state index is 0.0258. The van der Waals surface area contributed by atoms with E-state index in [1.54, 1.807) is 24.3 Å². The number of carbonyl (C=O) groups is 3. The molecule has 1 aromatic carbocycles. The number of carbonyl (C=O) groups excluding carboxylic acids is 3. The smallest absolute Gasteiger partial charge is 0.325 e. The second-order valence-corrected chi connectivity index (χ2v) is 6.06. The Bertz CT molecular complexity index is 589. The van der Waals surface area contributed by atoms with Gasteiger partial charge in [-0.25, -0.2) is 0 Å². The van der Waals surface area contributed by atoms with Crippen LogP contribution in [0.25, 0.3) is 0 Å². The summed E-state index contributed by atoms with van der Waals surface area (Å²) in [6.45, 7) is 1.82. The summed E-state index contributed by atoms with van der Waals surface area (Å²) in [6.07, 6.45) is 3.99. The maximum absolute atomic E-state index is 12.3. The molecule has 6 nitrogen and oxygen atoms in total. The number of amides is 2. The van der Waals surface area contributed by atoms with E-state index in [0.717, 1.165) is 25.7 Å². The quantitative estimate of drug-likeness (QED) is 0.814. The summed E-state index contributed by atoms with van der Waals surface area (Å²) in [4.78, 5) is 35.2. The predicted octanol–water partition coefficient (Wildman–Crippen LogP) is 2.11. The molecule has 6 heteroatoms. The first kappa shape index (κ1) is 17.0. The van der Waals surface area contributed by atoms with Gasteiger partial charge in [0.1, 0.15) is 6.54 Å². The van der Waals surface area contributed by atoms with Crippen LogP contribution in [0.5, 0.6) is 0 Å². The van der Waals surface area contributed by atoms with Gasteiger partial charge in [0.2, 0.25) is 5.91 Å². The third kappa shape index (κ3) is 4.31. The molecule has 1 aliphatic carbocycles. The van der Waals surface area contributed by atoms with Crippen LogP contribution in [0.3, 0.4) is 0 Å². The molecule has 1 saturated carbocycles.